The lowest BCUT2D eigenvalue weighted by Crippen LogP contribution is -1.58. The zero-order valence-corrected chi connectivity index (χ0v) is 6.84. The van der Waals surface area contributed by atoms with Gasteiger partial charge in [0, 0.05) is 12.2 Å². The first-order valence-corrected chi connectivity index (χ1v) is 3.00. The Morgan fingerprint density at radius 3 is 0.857 bits per heavy atom. The van der Waals surface area contributed by atoms with Crippen LogP contribution < -0.4 is 0 Å². The van der Waals surface area contributed by atoms with Crippen molar-refractivity contribution in [3.8, 4) is 0 Å². The van der Waals surface area contributed by atoms with Crippen LogP contribution in [0.2, 0.25) is 0 Å². The van der Waals surface area contributed by atoms with E-state index in [-0.39, 0.29) is 12.2 Å². The van der Waals surface area contributed by atoms with Crippen molar-refractivity contribution in [3.63, 3.8) is 0 Å². The Hall–Kier alpha value is -1.46. The van der Waals surface area contributed by atoms with Gasteiger partial charge in [0.05, 0.1) is 0 Å². The van der Waals surface area contributed by atoms with Crippen LogP contribution in [0.4, 0.5) is 26.3 Å². The maximum Gasteiger partial charge on any atom is 0.273 e. The minimum absolute atomic E-state index is 0.0556. The second-order valence-electron chi connectivity index (χ2n) is 1.76. The first-order chi connectivity index (χ1) is 6.25. The van der Waals surface area contributed by atoms with Gasteiger partial charge in [-0.1, -0.05) is 13.2 Å². The molecule has 0 radical (unpaired) electrons. The highest BCUT2D eigenvalue weighted by molar-refractivity contribution is 5.05. The molecule has 0 spiro atoms. The van der Waals surface area contributed by atoms with Crippen molar-refractivity contribution >= 4 is 0 Å². The lowest BCUT2D eigenvalue weighted by Gasteiger charge is -1.74. The highest BCUT2D eigenvalue weighted by atomic mass is 19.3. The molecule has 0 atom stereocenters. The molecule has 0 saturated heterocycles. The Balaban J connectivity index is 0. The molecular weight excluding hydrogens is 210 g/mol. The molecule has 0 bridgehead atoms. The average molecular weight is 216 g/mol. The van der Waals surface area contributed by atoms with Crippen molar-refractivity contribution in [2.45, 2.75) is 0 Å². The maximum atomic E-state index is 11.2. The molecule has 0 aromatic carbocycles. The largest absolute Gasteiger partial charge is 0.273 e. The van der Waals surface area contributed by atoms with Gasteiger partial charge in [-0.15, -0.1) is 0 Å². The number of hydrogen-bond donors (Lipinski definition) is 0. The van der Waals surface area contributed by atoms with Gasteiger partial charge in [-0.2, -0.15) is 17.6 Å². The summed E-state index contributed by atoms with van der Waals surface area (Å²) in [6.45, 7) is 5.14. The summed E-state index contributed by atoms with van der Waals surface area (Å²) in [5.41, 5.74) is 0. The maximum absolute atomic E-state index is 11.2. The number of allylic oxidation sites excluding steroid dienone is 4. The molecule has 0 aliphatic heterocycles. The van der Waals surface area contributed by atoms with E-state index in [4.69, 9.17) is 0 Å². The fourth-order valence-electron chi connectivity index (χ4n) is 0.237. The first kappa shape index (κ1) is 15.0. The van der Waals surface area contributed by atoms with Crippen LogP contribution in [0.15, 0.2) is 49.1 Å². The smallest absolute Gasteiger partial charge is 0.207 e. The van der Waals surface area contributed by atoms with Gasteiger partial charge >= 0.3 is 0 Å². The molecule has 0 heterocycles. The second-order valence-corrected chi connectivity index (χ2v) is 1.76. The summed E-state index contributed by atoms with van der Waals surface area (Å²) in [6, 6.07) is 0. The Labute approximate surface area is 76.5 Å². The third-order valence-electron chi connectivity index (χ3n) is 0.531. The standard InChI is InChI=1S/2C4H3F3/c2*1-3(5)2-4(6)7/h2*2H,1H2. The van der Waals surface area contributed by atoms with Crippen LogP contribution >= 0.6 is 0 Å². The van der Waals surface area contributed by atoms with Gasteiger partial charge in [0.2, 0.25) is 0 Å². The van der Waals surface area contributed by atoms with Crippen LogP contribution in [0.25, 0.3) is 0 Å². The molecule has 0 aromatic heterocycles. The van der Waals surface area contributed by atoms with Crippen LogP contribution in [0.3, 0.4) is 0 Å². The van der Waals surface area contributed by atoms with E-state index in [2.05, 4.69) is 13.2 Å². The Kier molecular flexibility index (Phi) is 8.75. The van der Waals surface area contributed by atoms with Crippen LogP contribution in [0, 0.1) is 0 Å². The number of halogens is 6. The summed E-state index contributed by atoms with van der Waals surface area (Å²) in [4.78, 5) is 0. The topological polar surface area (TPSA) is 0 Å². The molecule has 0 aliphatic rings. The minimum Gasteiger partial charge on any atom is -0.207 e. The van der Waals surface area contributed by atoms with Crippen molar-refractivity contribution in [1.82, 2.24) is 0 Å². The van der Waals surface area contributed by atoms with Crippen molar-refractivity contribution in [2.24, 2.45) is 0 Å². The van der Waals surface area contributed by atoms with E-state index in [1.165, 1.54) is 0 Å². The molecule has 0 unspecified atom stereocenters. The molecule has 0 N–H and O–H groups in total. The molecule has 0 amide bonds. The average Bonchev–Trinajstić information content (AvgIpc) is 1.79. The minimum atomic E-state index is -2.06. The van der Waals surface area contributed by atoms with Gasteiger partial charge in [-0.3, -0.25) is 0 Å². The van der Waals surface area contributed by atoms with Gasteiger partial charge in [0.1, 0.15) is 11.7 Å². The number of hydrogen-bond acceptors (Lipinski definition) is 0. The molecule has 6 heteroatoms. The molecule has 0 aliphatic carbocycles. The molecule has 0 fully saturated rings. The monoisotopic (exact) mass is 216 g/mol. The fourth-order valence-corrected chi connectivity index (χ4v) is 0.237. The van der Waals surface area contributed by atoms with Crippen molar-refractivity contribution in [1.29, 1.82) is 0 Å². The van der Waals surface area contributed by atoms with Gasteiger partial charge in [0.25, 0.3) is 12.2 Å². The van der Waals surface area contributed by atoms with Gasteiger partial charge in [-0.05, 0) is 0 Å². The van der Waals surface area contributed by atoms with Crippen LogP contribution in [0.1, 0.15) is 0 Å². The zero-order valence-electron chi connectivity index (χ0n) is 6.84. The highest BCUT2D eigenvalue weighted by Gasteiger charge is 1.87. The van der Waals surface area contributed by atoms with E-state index in [9.17, 15) is 26.3 Å². The van der Waals surface area contributed by atoms with Crippen molar-refractivity contribution in [3.05, 3.63) is 49.1 Å². The molecule has 0 nitrogen and oxygen atoms in total. The zero-order chi connectivity index (χ0) is 11.7. The van der Waals surface area contributed by atoms with Crippen LogP contribution in [-0.2, 0) is 0 Å². The lowest BCUT2D eigenvalue weighted by atomic mass is 10.6. The molecule has 0 saturated carbocycles. The third-order valence-corrected chi connectivity index (χ3v) is 0.531. The molecule has 0 aromatic rings. The lowest BCUT2D eigenvalue weighted by molar-refractivity contribution is 0.416. The predicted octanol–water partition coefficient (Wildman–Crippen LogP) is 4.50. The summed E-state index contributed by atoms with van der Waals surface area (Å²) >= 11 is 0. The summed E-state index contributed by atoms with van der Waals surface area (Å²) < 4.78 is 65.8. The van der Waals surface area contributed by atoms with E-state index in [0.717, 1.165) is 0 Å². The Morgan fingerprint density at radius 2 is 0.857 bits per heavy atom. The first-order valence-electron chi connectivity index (χ1n) is 3.00. The highest BCUT2D eigenvalue weighted by Crippen LogP contribution is 2.03. The normalized spacial score (nSPS) is 7.86. The summed E-state index contributed by atoms with van der Waals surface area (Å²) in [7, 11) is 0. The second kappa shape index (κ2) is 8.15. The van der Waals surface area contributed by atoms with E-state index < -0.39 is 23.8 Å². The Morgan fingerprint density at radius 1 is 0.643 bits per heavy atom. The summed E-state index contributed by atoms with van der Waals surface area (Å²) in [5, 5.41) is 0. The van der Waals surface area contributed by atoms with E-state index in [1.807, 2.05) is 0 Å². The fraction of sp³-hybridized carbons (Fsp3) is 0. The Bertz CT molecular complexity index is 227. The van der Waals surface area contributed by atoms with E-state index >= 15 is 0 Å². The summed E-state index contributed by atoms with van der Waals surface area (Å²) in [5.74, 6) is -2.25. The summed E-state index contributed by atoms with van der Waals surface area (Å²) in [6.07, 6.45) is -4.01. The predicted molar refractivity (Wildman–Crippen MR) is 41.1 cm³/mol. The van der Waals surface area contributed by atoms with E-state index in [0.29, 0.717) is 0 Å². The van der Waals surface area contributed by atoms with Gasteiger partial charge < -0.3 is 0 Å². The molecule has 14 heavy (non-hydrogen) atoms. The van der Waals surface area contributed by atoms with Gasteiger partial charge in [0.15, 0.2) is 0 Å². The SMILES string of the molecule is C=C(F)C=C(F)F.C=C(F)C=C(F)F. The molecule has 0 rings (SSSR count). The van der Waals surface area contributed by atoms with Crippen molar-refractivity contribution in [2.75, 3.05) is 0 Å². The number of rotatable bonds is 2. The molecular formula is C8H6F6. The van der Waals surface area contributed by atoms with Crippen molar-refractivity contribution < 1.29 is 26.3 Å². The van der Waals surface area contributed by atoms with Crippen LogP contribution in [-0.4, -0.2) is 0 Å². The molecule has 80 valence electrons. The van der Waals surface area contributed by atoms with Gasteiger partial charge in [-0.25, -0.2) is 8.78 Å². The van der Waals surface area contributed by atoms with E-state index in [1.54, 1.807) is 0 Å². The quantitative estimate of drug-likeness (QED) is 0.470. The van der Waals surface area contributed by atoms with Crippen LogP contribution in [0.5, 0.6) is 0 Å². The third kappa shape index (κ3) is 22.4.